The zero-order valence-corrected chi connectivity index (χ0v) is 12.9. The average Bonchev–Trinajstić information content (AvgIpc) is 2.68. The third-order valence-corrected chi connectivity index (χ3v) is 3.29. The summed E-state index contributed by atoms with van der Waals surface area (Å²) >= 11 is 0. The molecule has 0 aliphatic carbocycles. The smallest absolute Gasteiger partial charge is 0.465 e. The van der Waals surface area contributed by atoms with Crippen molar-refractivity contribution in [3.05, 3.63) is 0 Å². The summed E-state index contributed by atoms with van der Waals surface area (Å²) in [5.41, 5.74) is 0. The molecule has 0 atom stereocenters. The van der Waals surface area contributed by atoms with Gasteiger partial charge in [-0.1, -0.05) is 0 Å². The van der Waals surface area contributed by atoms with Crippen molar-refractivity contribution < 1.29 is 61.1 Å². The summed E-state index contributed by atoms with van der Waals surface area (Å²) in [5.74, 6) is -14.0. The Labute approximate surface area is 130 Å². The molecular formula is C10H12BrF9N2. The van der Waals surface area contributed by atoms with Crippen LogP contribution in [0.3, 0.4) is 0 Å². The minimum absolute atomic E-state index is 0. The molecule has 1 aliphatic rings. The summed E-state index contributed by atoms with van der Waals surface area (Å²) in [6.07, 6.45) is -6.79. The first-order valence-corrected chi connectivity index (χ1v) is 5.78. The predicted molar refractivity (Wildman–Crippen MR) is 54.0 cm³/mol. The first-order valence-electron chi connectivity index (χ1n) is 5.78. The minimum Gasteiger partial charge on any atom is -1.00 e. The van der Waals surface area contributed by atoms with Crippen molar-refractivity contribution in [3.8, 4) is 0 Å². The van der Waals surface area contributed by atoms with Gasteiger partial charge < -0.3 is 17.0 Å². The molecule has 0 saturated carbocycles. The fraction of sp³-hybridized carbons (Fsp3) is 0.900. The highest BCUT2D eigenvalue weighted by molar-refractivity contribution is 5.75. The van der Waals surface area contributed by atoms with E-state index in [9.17, 15) is 39.5 Å². The van der Waals surface area contributed by atoms with Gasteiger partial charge in [0.25, 0.3) is 0 Å². The van der Waals surface area contributed by atoms with Gasteiger partial charge >= 0.3 is 24.1 Å². The Balaban J connectivity index is 0.00000441. The van der Waals surface area contributed by atoms with Crippen LogP contribution in [0.4, 0.5) is 39.5 Å². The molecule has 132 valence electrons. The van der Waals surface area contributed by atoms with Gasteiger partial charge in [-0.15, -0.1) is 0 Å². The number of hydrogen-bond donors (Lipinski definition) is 0. The Hall–Kier alpha value is -0.680. The van der Waals surface area contributed by atoms with Gasteiger partial charge in [-0.25, -0.2) is 0 Å². The van der Waals surface area contributed by atoms with Crippen LogP contribution in [0.5, 0.6) is 0 Å². The predicted octanol–water partition coefficient (Wildman–Crippen LogP) is 0.183. The van der Waals surface area contributed by atoms with Gasteiger partial charge in [-0.3, -0.25) is 4.90 Å². The van der Waals surface area contributed by atoms with Gasteiger partial charge in [0.2, 0.25) is 5.84 Å². The molecule has 0 bridgehead atoms. The second kappa shape index (κ2) is 6.08. The summed E-state index contributed by atoms with van der Waals surface area (Å²) < 4.78 is 115. The Bertz CT molecular complexity index is 444. The number of alkyl halides is 9. The zero-order chi connectivity index (χ0) is 16.9. The molecule has 1 heterocycles. The molecule has 0 fully saturated rings. The fourth-order valence-corrected chi connectivity index (χ4v) is 1.98. The van der Waals surface area contributed by atoms with Crippen LogP contribution in [0.15, 0.2) is 0 Å². The minimum atomic E-state index is -6.86. The lowest BCUT2D eigenvalue weighted by molar-refractivity contribution is -0.709. The highest BCUT2D eigenvalue weighted by atomic mass is 79.9. The summed E-state index contributed by atoms with van der Waals surface area (Å²) in [7, 11) is 0. The molecule has 2 nitrogen and oxygen atoms in total. The Morgan fingerprint density at radius 3 is 1.73 bits per heavy atom. The van der Waals surface area contributed by atoms with Crippen molar-refractivity contribution in [2.45, 2.75) is 37.9 Å². The molecule has 0 unspecified atom stereocenters. The molecule has 0 aromatic carbocycles. The van der Waals surface area contributed by atoms with Gasteiger partial charge in [0.15, 0.2) is 0 Å². The molecule has 22 heavy (non-hydrogen) atoms. The van der Waals surface area contributed by atoms with Crippen molar-refractivity contribution in [3.63, 3.8) is 0 Å². The maximum atomic E-state index is 13.6. The van der Waals surface area contributed by atoms with Gasteiger partial charge in [-0.05, 0) is 6.92 Å². The lowest BCUT2D eigenvalue weighted by Crippen LogP contribution is -3.00. The first-order chi connectivity index (χ1) is 9.21. The summed E-state index contributed by atoms with van der Waals surface area (Å²) in [5, 5.41) is 0. The van der Waals surface area contributed by atoms with E-state index >= 15 is 0 Å². The van der Waals surface area contributed by atoms with Crippen LogP contribution in [0.1, 0.15) is 13.8 Å². The van der Waals surface area contributed by atoms with E-state index in [4.69, 9.17) is 0 Å². The van der Waals surface area contributed by atoms with Crippen LogP contribution in [-0.4, -0.2) is 59.0 Å². The third kappa shape index (κ3) is 2.90. The molecule has 0 spiro atoms. The summed E-state index contributed by atoms with van der Waals surface area (Å²) in [6, 6.07) is -5.68. The standard InChI is InChI=1S/C10H12F9N2.BrH/c1-3-20-4-5-21(6(20)2)10(18,19)8(13,14)7(11,12)9(15,16)17;/h3-5H2,1-2H3;1H/q+1;/p-1. The number of likely N-dealkylation sites (N-methyl/N-ethyl adjacent to an activating group) is 1. The largest absolute Gasteiger partial charge is 1.00 e. The van der Waals surface area contributed by atoms with Crippen molar-refractivity contribution >= 4 is 5.84 Å². The molecule has 0 aromatic rings. The summed E-state index contributed by atoms with van der Waals surface area (Å²) in [6.45, 7) is 1.61. The van der Waals surface area contributed by atoms with Crippen molar-refractivity contribution in [1.29, 1.82) is 0 Å². The summed E-state index contributed by atoms with van der Waals surface area (Å²) in [4.78, 5) is 1.16. The van der Waals surface area contributed by atoms with Gasteiger partial charge in [0.1, 0.15) is 13.1 Å². The molecule has 0 saturated heterocycles. The Morgan fingerprint density at radius 2 is 1.41 bits per heavy atom. The molecule has 1 rings (SSSR count). The molecule has 0 radical (unpaired) electrons. The van der Waals surface area contributed by atoms with E-state index in [-0.39, 0.29) is 30.1 Å². The second-order valence-electron chi connectivity index (χ2n) is 4.47. The van der Waals surface area contributed by atoms with E-state index in [1.54, 1.807) is 0 Å². The number of rotatable bonds is 4. The molecular weight excluding hydrogens is 399 g/mol. The molecule has 0 aromatic heterocycles. The fourth-order valence-electron chi connectivity index (χ4n) is 1.98. The van der Waals surface area contributed by atoms with Crippen LogP contribution in [0, 0.1) is 0 Å². The van der Waals surface area contributed by atoms with Gasteiger partial charge in [0.05, 0.1) is 6.54 Å². The van der Waals surface area contributed by atoms with Crippen LogP contribution in [-0.2, 0) is 0 Å². The van der Waals surface area contributed by atoms with Gasteiger partial charge in [-0.2, -0.15) is 44.1 Å². The van der Waals surface area contributed by atoms with Crippen molar-refractivity contribution in [2.75, 3.05) is 19.6 Å². The highest BCUT2D eigenvalue weighted by Crippen LogP contribution is 2.53. The zero-order valence-electron chi connectivity index (χ0n) is 11.3. The van der Waals surface area contributed by atoms with E-state index < -0.39 is 41.0 Å². The number of hydrogen-bond acceptors (Lipinski definition) is 1. The maximum absolute atomic E-state index is 13.6. The number of amidine groups is 1. The van der Waals surface area contributed by atoms with Gasteiger partial charge in [0, 0.05) is 6.92 Å². The van der Waals surface area contributed by atoms with E-state index in [2.05, 4.69) is 0 Å². The monoisotopic (exact) mass is 410 g/mol. The van der Waals surface area contributed by atoms with Crippen LogP contribution in [0.2, 0.25) is 0 Å². The van der Waals surface area contributed by atoms with E-state index in [0.29, 0.717) is 0 Å². The van der Waals surface area contributed by atoms with Crippen molar-refractivity contribution in [1.82, 2.24) is 4.90 Å². The highest BCUT2D eigenvalue weighted by Gasteiger charge is 2.85. The third-order valence-electron chi connectivity index (χ3n) is 3.29. The second-order valence-corrected chi connectivity index (χ2v) is 4.47. The SMILES string of the molecule is CCN1CC[N+](C(F)(F)C(F)(F)C(F)(F)C(F)(F)F)=C1C.[Br-]. The molecule has 0 amide bonds. The Kier molecular flexibility index (Phi) is 5.89. The number of nitrogens with zero attached hydrogens (tertiary/aromatic N) is 2. The van der Waals surface area contributed by atoms with Crippen LogP contribution < -0.4 is 17.0 Å². The van der Waals surface area contributed by atoms with E-state index in [0.717, 1.165) is 11.8 Å². The maximum Gasteiger partial charge on any atom is 0.465 e. The lowest BCUT2D eigenvalue weighted by Gasteiger charge is -2.32. The quantitative estimate of drug-likeness (QED) is 0.364. The molecule has 0 N–H and O–H groups in total. The Morgan fingerprint density at radius 1 is 0.955 bits per heavy atom. The average molecular weight is 411 g/mol. The van der Waals surface area contributed by atoms with Crippen LogP contribution >= 0.6 is 0 Å². The first kappa shape index (κ1) is 21.3. The van der Waals surface area contributed by atoms with E-state index in [1.807, 2.05) is 0 Å². The molecule has 12 heteroatoms. The van der Waals surface area contributed by atoms with E-state index in [1.165, 1.54) is 6.92 Å². The lowest BCUT2D eigenvalue weighted by atomic mass is 10.1. The van der Waals surface area contributed by atoms with Crippen LogP contribution in [0.25, 0.3) is 0 Å². The topological polar surface area (TPSA) is 6.25 Å². The molecule has 1 aliphatic heterocycles. The van der Waals surface area contributed by atoms with Crippen molar-refractivity contribution in [2.24, 2.45) is 0 Å². The number of halogens is 10. The normalized spacial score (nSPS) is 17.9.